The van der Waals surface area contributed by atoms with Crippen LogP contribution < -0.4 is 0 Å². The molecule has 1 heterocycles. The molecule has 2 rings (SSSR count). The van der Waals surface area contributed by atoms with Gasteiger partial charge >= 0.3 is 5.97 Å². The molecule has 0 bridgehead atoms. The molecule has 2 atom stereocenters. The molecule has 2 unspecified atom stereocenters. The highest BCUT2D eigenvalue weighted by molar-refractivity contribution is 7.99. The summed E-state index contributed by atoms with van der Waals surface area (Å²) in [5.41, 5.74) is 0.285. The molecule has 0 aromatic heterocycles. The molecule has 1 fully saturated rings. The molecule has 1 aromatic rings. The van der Waals surface area contributed by atoms with Gasteiger partial charge in [0.2, 0.25) is 0 Å². The van der Waals surface area contributed by atoms with Crippen molar-refractivity contribution in [3.05, 3.63) is 35.4 Å². The van der Waals surface area contributed by atoms with Crippen molar-refractivity contribution in [2.24, 2.45) is 0 Å². The third-order valence-corrected chi connectivity index (χ3v) is 4.68. The van der Waals surface area contributed by atoms with E-state index in [1.807, 2.05) is 4.90 Å². The summed E-state index contributed by atoms with van der Waals surface area (Å²) in [6, 6.07) is 2.91. The highest BCUT2D eigenvalue weighted by atomic mass is 32.2. The molecule has 20 heavy (non-hydrogen) atoms. The van der Waals surface area contributed by atoms with Crippen LogP contribution in [0.5, 0.6) is 0 Å². The number of hydrogen-bond donors (Lipinski definition) is 1. The molecular formula is C14H17F2NO2S. The molecule has 1 aliphatic heterocycles. The Balaban J connectivity index is 2.22. The second-order valence-electron chi connectivity index (χ2n) is 4.91. The predicted octanol–water partition coefficient (Wildman–Crippen LogP) is 2.92. The van der Waals surface area contributed by atoms with Gasteiger partial charge in [0.15, 0.2) is 0 Å². The van der Waals surface area contributed by atoms with Gasteiger partial charge in [-0.1, -0.05) is 0 Å². The molecule has 1 saturated heterocycles. The fourth-order valence-corrected chi connectivity index (χ4v) is 3.66. The Hall–Kier alpha value is -1.14. The van der Waals surface area contributed by atoms with Gasteiger partial charge in [-0.3, -0.25) is 9.69 Å². The SMILES string of the molecule is CC(c1cc(F)ccc1F)N1CCSCC1CC(=O)O. The van der Waals surface area contributed by atoms with Crippen molar-refractivity contribution >= 4 is 17.7 Å². The summed E-state index contributed by atoms with van der Waals surface area (Å²) in [5.74, 6) is -0.222. The van der Waals surface area contributed by atoms with Crippen molar-refractivity contribution in [3.63, 3.8) is 0 Å². The van der Waals surface area contributed by atoms with Crippen molar-refractivity contribution in [1.29, 1.82) is 0 Å². The van der Waals surface area contributed by atoms with Gasteiger partial charge in [-0.25, -0.2) is 8.78 Å². The maximum atomic E-state index is 13.8. The Kier molecular flexibility index (Phi) is 4.99. The smallest absolute Gasteiger partial charge is 0.304 e. The first-order chi connectivity index (χ1) is 9.49. The van der Waals surface area contributed by atoms with Gasteiger partial charge in [0.05, 0.1) is 6.42 Å². The summed E-state index contributed by atoms with van der Waals surface area (Å²) < 4.78 is 27.1. The summed E-state index contributed by atoms with van der Waals surface area (Å²) in [7, 11) is 0. The van der Waals surface area contributed by atoms with Gasteiger partial charge in [-0.05, 0) is 25.1 Å². The van der Waals surface area contributed by atoms with Crippen molar-refractivity contribution < 1.29 is 18.7 Å². The summed E-state index contributed by atoms with van der Waals surface area (Å²) in [6.45, 7) is 2.47. The standard InChI is InChI=1S/C14H17F2NO2S/c1-9(12-6-10(15)2-3-13(12)16)17-4-5-20-8-11(17)7-14(18)19/h2-3,6,9,11H,4-5,7-8H2,1H3,(H,18,19). The molecule has 0 radical (unpaired) electrons. The Bertz CT molecular complexity index is 498. The fourth-order valence-electron chi connectivity index (χ4n) is 2.57. The monoisotopic (exact) mass is 301 g/mol. The van der Waals surface area contributed by atoms with Crippen LogP contribution >= 0.6 is 11.8 Å². The molecule has 0 amide bonds. The maximum absolute atomic E-state index is 13.8. The number of aliphatic carboxylic acids is 1. The summed E-state index contributed by atoms with van der Waals surface area (Å²) >= 11 is 1.70. The molecule has 0 aliphatic carbocycles. The highest BCUT2D eigenvalue weighted by Crippen LogP contribution is 2.30. The first-order valence-electron chi connectivity index (χ1n) is 6.49. The number of nitrogens with zero attached hydrogens (tertiary/aromatic N) is 1. The van der Waals surface area contributed by atoms with Crippen LogP contribution in [0.4, 0.5) is 8.78 Å². The van der Waals surface area contributed by atoms with Gasteiger partial charge in [-0.15, -0.1) is 0 Å². The molecular weight excluding hydrogens is 284 g/mol. The van der Waals surface area contributed by atoms with Crippen LogP contribution in [0.2, 0.25) is 0 Å². The normalized spacial score (nSPS) is 21.6. The maximum Gasteiger partial charge on any atom is 0.304 e. The van der Waals surface area contributed by atoms with Crippen LogP contribution in [0.25, 0.3) is 0 Å². The molecule has 110 valence electrons. The minimum atomic E-state index is -0.866. The average Bonchev–Trinajstić information content (AvgIpc) is 2.41. The molecule has 1 aliphatic rings. The van der Waals surface area contributed by atoms with E-state index in [2.05, 4.69) is 0 Å². The number of hydrogen-bond acceptors (Lipinski definition) is 3. The third-order valence-electron chi connectivity index (χ3n) is 3.59. The van der Waals surface area contributed by atoms with Gasteiger partial charge in [0.1, 0.15) is 11.6 Å². The zero-order valence-corrected chi connectivity index (χ0v) is 12.0. The van der Waals surface area contributed by atoms with Gasteiger partial charge in [0.25, 0.3) is 0 Å². The van der Waals surface area contributed by atoms with E-state index < -0.39 is 17.6 Å². The number of halogens is 2. The summed E-state index contributed by atoms with van der Waals surface area (Å²) in [6.07, 6.45) is 0.0221. The second-order valence-corrected chi connectivity index (χ2v) is 6.06. The lowest BCUT2D eigenvalue weighted by atomic mass is 10.0. The zero-order valence-electron chi connectivity index (χ0n) is 11.2. The summed E-state index contributed by atoms with van der Waals surface area (Å²) in [5, 5.41) is 8.96. The number of thioether (sulfide) groups is 1. The van der Waals surface area contributed by atoms with Crippen molar-refractivity contribution in [1.82, 2.24) is 4.90 Å². The molecule has 6 heteroatoms. The van der Waals surface area contributed by atoms with Gasteiger partial charge in [-0.2, -0.15) is 11.8 Å². The second kappa shape index (κ2) is 6.54. The van der Waals surface area contributed by atoms with E-state index in [1.54, 1.807) is 18.7 Å². The summed E-state index contributed by atoms with van der Waals surface area (Å²) in [4.78, 5) is 12.9. The average molecular weight is 301 g/mol. The third kappa shape index (κ3) is 3.49. The fraction of sp³-hybridized carbons (Fsp3) is 0.500. The predicted molar refractivity (Wildman–Crippen MR) is 74.8 cm³/mol. The highest BCUT2D eigenvalue weighted by Gasteiger charge is 2.30. The van der Waals surface area contributed by atoms with Crippen molar-refractivity contribution in [2.75, 3.05) is 18.1 Å². The van der Waals surface area contributed by atoms with Crippen LogP contribution in [0.15, 0.2) is 18.2 Å². The Morgan fingerprint density at radius 1 is 1.55 bits per heavy atom. The lowest BCUT2D eigenvalue weighted by Gasteiger charge is -2.39. The lowest BCUT2D eigenvalue weighted by Crippen LogP contribution is -2.45. The molecule has 0 saturated carbocycles. The van der Waals surface area contributed by atoms with Crippen LogP contribution in [0.3, 0.4) is 0 Å². The number of carbonyl (C=O) groups is 1. The molecule has 0 spiro atoms. The molecule has 1 N–H and O–H groups in total. The number of rotatable bonds is 4. The van der Waals surface area contributed by atoms with Crippen molar-refractivity contribution in [2.45, 2.75) is 25.4 Å². The molecule has 1 aromatic carbocycles. The Morgan fingerprint density at radius 2 is 2.30 bits per heavy atom. The first kappa shape index (κ1) is 15.3. The van der Waals surface area contributed by atoms with E-state index in [0.29, 0.717) is 12.3 Å². The van der Waals surface area contributed by atoms with E-state index in [9.17, 15) is 13.6 Å². The minimum absolute atomic E-state index is 0.0221. The van der Waals surface area contributed by atoms with Crippen LogP contribution in [-0.2, 0) is 4.79 Å². The largest absolute Gasteiger partial charge is 0.481 e. The van der Waals surface area contributed by atoms with Crippen LogP contribution in [0, 0.1) is 11.6 Å². The zero-order chi connectivity index (χ0) is 14.7. The van der Waals surface area contributed by atoms with Crippen LogP contribution in [0.1, 0.15) is 24.9 Å². The number of carboxylic acid groups (broad SMARTS) is 1. The van der Waals surface area contributed by atoms with E-state index in [4.69, 9.17) is 5.11 Å². The van der Waals surface area contributed by atoms with E-state index >= 15 is 0 Å². The van der Waals surface area contributed by atoms with E-state index in [0.717, 1.165) is 17.9 Å². The van der Waals surface area contributed by atoms with Gasteiger partial charge in [0, 0.05) is 35.7 Å². The Labute approximate surface area is 121 Å². The number of carboxylic acids is 1. The number of benzene rings is 1. The first-order valence-corrected chi connectivity index (χ1v) is 7.64. The van der Waals surface area contributed by atoms with Crippen LogP contribution in [-0.4, -0.2) is 40.1 Å². The van der Waals surface area contributed by atoms with E-state index in [-0.39, 0.29) is 24.1 Å². The lowest BCUT2D eigenvalue weighted by molar-refractivity contribution is -0.138. The topological polar surface area (TPSA) is 40.5 Å². The molecule has 3 nitrogen and oxygen atoms in total. The quantitative estimate of drug-likeness (QED) is 0.928. The van der Waals surface area contributed by atoms with Gasteiger partial charge < -0.3 is 5.11 Å². The minimum Gasteiger partial charge on any atom is -0.481 e. The van der Waals surface area contributed by atoms with E-state index in [1.165, 1.54) is 6.07 Å². The Morgan fingerprint density at radius 3 is 3.00 bits per heavy atom. The van der Waals surface area contributed by atoms with Crippen molar-refractivity contribution in [3.8, 4) is 0 Å².